The average Bonchev–Trinajstić information content (AvgIpc) is 3.94. The number of carbonyl (C=O) groups is 3. The Morgan fingerprint density at radius 3 is 2.37 bits per heavy atom. The molecular formula is C56H70N12O5. The minimum atomic E-state index is -0.864. The number of β-amino-alcohol motifs (C(OH)–C–C–N with tert-alkyl or cyclic N) is 1. The standard InChI is InChI=1S/C56H70N12O5/c1-8-36-13-15-37(16-14-36)29-57-51(71)46-25-41(69)32-68(46)52(72)49(55(3,4)5)67(24-23-63(6)7)54(73)65-33-56(34-65)27-40(28-56)64-20-17-38(18-21-64)39-30-58-53(59-31-39)66-22-19-44-48(35(66)2)43-26-45(61-62-50(43)60-44)42-11-9-10-12-47(42)70/h1,9-16,26,30-31,35,38,40-41,46,49,69-70H,17-25,27-29,32-34H2,2-7H3,(H,57,71)(H,60,62)/t35-,41-,46+,49-/m1/s1. The van der Waals surface area contributed by atoms with Crippen molar-refractivity contribution in [3.63, 3.8) is 0 Å². The van der Waals surface area contributed by atoms with Crippen molar-refractivity contribution in [1.82, 2.24) is 55.0 Å². The minimum Gasteiger partial charge on any atom is -0.507 e. The van der Waals surface area contributed by atoms with Gasteiger partial charge in [-0.3, -0.25) is 9.59 Å². The lowest BCUT2D eigenvalue weighted by Gasteiger charge is -2.62. The average molecular weight is 991 g/mol. The van der Waals surface area contributed by atoms with Crippen molar-refractivity contribution in [3.05, 3.63) is 94.9 Å². The van der Waals surface area contributed by atoms with Crippen LogP contribution in [0.2, 0.25) is 0 Å². The number of hydrogen-bond acceptors (Lipinski definition) is 12. The summed E-state index contributed by atoms with van der Waals surface area (Å²) in [4.78, 5) is 68.6. The number of aliphatic hydroxyl groups is 1. The number of piperidine rings is 1. The van der Waals surface area contributed by atoms with E-state index in [2.05, 4.69) is 43.1 Å². The number of phenolic OH excluding ortho intramolecular Hbond substituents is 1. The summed E-state index contributed by atoms with van der Waals surface area (Å²) >= 11 is 0. The Hall–Kier alpha value is -6.61. The first kappa shape index (κ1) is 49.9. The third kappa shape index (κ3) is 9.96. The summed E-state index contributed by atoms with van der Waals surface area (Å²) in [5.41, 5.74) is 6.53. The van der Waals surface area contributed by atoms with E-state index < -0.39 is 23.6 Å². The fraction of sp³-hybridized carbons (Fsp3) is 0.518. The van der Waals surface area contributed by atoms with Crippen molar-refractivity contribution in [2.75, 3.05) is 71.4 Å². The van der Waals surface area contributed by atoms with E-state index >= 15 is 0 Å². The number of likely N-dealkylation sites (N-methyl/N-ethyl adjacent to an activating group) is 1. The van der Waals surface area contributed by atoms with Crippen LogP contribution in [0.1, 0.15) is 99.7 Å². The zero-order valence-corrected chi connectivity index (χ0v) is 43.1. The smallest absolute Gasteiger partial charge is 0.320 e. The Kier molecular flexibility index (Phi) is 13.7. The second-order valence-electron chi connectivity index (χ2n) is 22.7. The maximum absolute atomic E-state index is 14.8. The van der Waals surface area contributed by atoms with Crippen molar-refractivity contribution in [2.24, 2.45) is 10.8 Å². The molecule has 4 amide bonds. The first-order chi connectivity index (χ1) is 35.0. The van der Waals surface area contributed by atoms with Crippen molar-refractivity contribution >= 4 is 34.8 Å². The molecule has 73 heavy (non-hydrogen) atoms. The quantitative estimate of drug-likeness (QED) is 0.114. The van der Waals surface area contributed by atoms with Crippen LogP contribution in [0.5, 0.6) is 5.75 Å². The van der Waals surface area contributed by atoms with Crippen molar-refractivity contribution < 1.29 is 24.6 Å². The van der Waals surface area contributed by atoms with Gasteiger partial charge in [-0.1, -0.05) is 51.0 Å². The molecular weight excluding hydrogens is 921 g/mol. The monoisotopic (exact) mass is 991 g/mol. The number of terminal acetylenes is 1. The Bertz CT molecular complexity index is 2870. The normalized spacial score (nSPS) is 21.7. The summed E-state index contributed by atoms with van der Waals surface area (Å²) in [6, 6.07) is 15.2. The molecule has 1 saturated carbocycles. The van der Waals surface area contributed by atoms with E-state index in [-0.39, 0.29) is 54.6 Å². The first-order valence-corrected chi connectivity index (χ1v) is 26.0. The summed E-state index contributed by atoms with van der Waals surface area (Å²) in [5, 5.41) is 34.2. The number of aliphatic hydroxyl groups excluding tert-OH is 1. The largest absolute Gasteiger partial charge is 0.507 e. The predicted molar refractivity (Wildman–Crippen MR) is 279 cm³/mol. The van der Waals surface area contributed by atoms with Crippen LogP contribution < -0.4 is 10.2 Å². The number of H-pyrrole nitrogens is 1. The number of amides is 4. The van der Waals surface area contributed by atoms with Gasteiger partial charge >= 0.3 is 6.03 Å². The van der Waals surface area contributed by atoms with Gasteiger partial charge in [0.15, 0.2) is 5.65 Å². The molecule has 5 aliphatic rings. The summed E-state index contributed by atoms with van der Waals surface area (Å²) < 4.78 is 0. The van der Waals surface area contributed by atoms with Crippen molar-refractivity contribution in [1.29, 1.82) is 0 Å². The number of para-hydroxylation sites is 1. The molecule has 5 aromatic rings. The van der Waals surface area contributed by atoms with E-state index in [1.165, 1.54) is 10.5 Å². The molecule has 1 aliphatic carbocycles. The zero-order valence-electron chi connectivity index (χ0n) is 43.1. The molecule has 0 unspecified atom stereocenters. The number of nitrogens with one attached hydrogen (secondary N) is 2. The number of likely N-dealkylation sites (tertiary alicyclic amines) is 3. The van der Waals surface area contributed by atoms with E-state index in [0.717, 1.165) is 85.2 Å². The Labute approximate surface area is 428 Å². The molecule has 4 atom stereocenters. The second kappa shape index (κ2) is 20.0. The highest BCUT2D eigenvalue weighted by Crippen LogP contribution is 2.51. The Morgan fingerprint density at radius 2 is 1.70 bits per heavy atom. The maximum atomic E-state index is 14.8. The van der Waals surface area contributed by atoms with Crippen LogP contribution in [0.3, 0.4) is 0 Å². The third-order valence-corrected chi connectivity index (χ3v) is 16.3. The number of aromatic amines is 1. The maximum Gasteiger partial charge on any atom is 0.320 e. The first-order valence-electron chi connectivity index (χ1n) is 26.0. The van der Waals surface area contributed by atoms with Gasteiger partial charge in [0, 0.05) is 110 Å². The minimum absolute atomic E-state index is 0.00690. The van der Waals surface area contributed by atoms with Gasteiger partial charge in [-0.15, -0.1) is 16.6 Å². The highest BCUT2D eigenvalue weighted by molar-refractivity contribution is 5.93. The molecule has 4 aliphatic heterocycles. The van der Waals surface area contributed by atoms with Gasteiger partial charge in [-0.05, 0) is 113 Å². The van der Waals surface area contributed by atoms with Crippen molar-refractivity contribution in [3.8, 4) is 29.4 Å². The number of hydrogen-bond donors (Lipinski definition) is 4. The van der Waals surface area contributed by atoms with E-state index in [1.807, 2.05) is 99.5 Å². The van der Waals surface area contributed by atoms with Crippen LogP contribution in [0.15, 0.2) is 67.0 Å². The molecule has 4 N–H and O–H groups in total. The van der Waals surface area contributed by atoms with Gasteiger partial charge in [-0.25, -0.2) is 14.8 Å². The lowest BCUT2D eigenvalue weighted by molar-refractivity contribution is -0.146. The van der Waals surface area contributed by atoms with Gasteiger partial charge in [0.1, 0.15) is 17.8 Å². The summed E-state index contributed by atoms with van der Waals surface area (Å²) in [6.45, 7) is 13.4. The van der Waals surface area contributed by atoms with E-state index in [0.29, 0.717) is 55.3 Å². The SMILES string of the molecule is C#Cc1ccc(CNC(=O)[C@@H]2C[C@@H](O)CN2C(=O)[C@@H](N(CCN(C)C)C(=O)N2CC3(CC(N4CCC(c5cnc(N6CCc7[nH]c8nnc(-c9ccccc9O)cc8c7[C@H]6C)nc5)CC4)C3)C2)C(C)(C)C)cc1. The Balaban J connectivity index is 0.731. The molecule has 0 radical (unpaired) electrons. The van der Waals surface area contributed by atoms with Gasteiger partial charge in [0.05, 0.1) is 17.8 Å². The highest BCUT2D eigenvalue weighted by Gasteiger charge is 2.57. The van der Waals surface area contributed by atoms with E-state index in [1.54, 1.807) is 17.0 Å². The number of nitrogens with zero attached hydrogens (tertiary/aromatic N) is 10. The molecule has 3 saturated heterocycles. The topological polar surface area (TPSA) is 190 Å². The lowest BCUT2D eigenvalue weighted by atomic mass is 9.60. The second-order valence-corrected chi connectivity index (χ2v) is 22.7. The number of carbonyl (C=O) groups excluding carboxylic acids is 3. The van der Waals surface area contributed by atoms with Crippen LogP contribution in [0, 0.1) is 23.2 Å². The number of aromatic nitrogens is 5. The molecule has 384 valence electrons. The van der Waals surface area contributed by atoms with E-state index in [9.17, 15) is 24.6 Å². The van der Waals surface area contributed by atoms with Gasteiger partial charge in [0.2, 0.25) is 17.8 Å². The predicted octanol–water partition coefficient (Wildman–Crippen LogP) is 5.55. The third-order valence-electron chi connectivity index (χ3n) is 16.3. The van der Waals surface area contributed by atoms with Gasteiger partial charge < -0.3 is 49.9 Å². The van der Waals surface area contributed by atoms with Crippen molar-refractivity contribution in [2.45, 2.75) is 109 Å². The molecule has 0 bridgehead atoms. The number of benzene rings is 2. The van der Waals surface area contributed by atoms with Gasteiger partial charge in [-0.2, -0.15) is 0 Å². The number of urea groups is 1. The molecule has 3 aromatic heterocycles. The molecule has 4 fully saturated rings. The molecule has 1 spiro atoms. The summed E-state index contributed by atoms with van der Waals surface area (Å²) in [7, 11) is 3.91. The number of phenols is 1. The fourth-order valence-electron chi connectivity index (χ4n) is 12.3. The fourth-order valence-corrected chi connectivity index (χ4v) is 12.3. The summed E-state index contributed by atoms with van der Waals surface area (Å²) in [6.07, 6.45) is 13.8. The highest BCUT2D eigenvalue weighted by atomic mass is 16.3. The van der Waals surface area contributed by atoms with Crippen LogP contribution in [-0.4, -0.2) is 168 Å². The van der Waals surface area contributed by atoms with Crippen LogP contribution >= 0.6 is 0 Å². The summed E-state index contributed by atoms with van der Waals surface area (Å²) in [5.74, 6) is 3.21. The number of rotatable bonds is 12. The zero-order chi connectivity index (χ0) is 51.3. The number of aromatic hydroxyl groups is 1. The van der Waals surface area contributed by atoms with E-state index in [4.69, 9.17) is 16.4 Å². The van der Waals surface area contributed by atoms with Crippen LogP contribution in [-0.2, 0) is 22.6 Å². The molecule has 7 heterocycles. The lowest BCUT2D eigenvalue weighted by Crippen LogP contribution is -2.71. The molecule has 2 aromatic carbocycles. The molecule has 10 rings (SSSR count). The number of anilines is 1. The molecule has 17 nitrogen and oxygen atoms in total. The van der Waals surface area contributed by atoms with Crippen LogP contribution in [0.4, 0.5) is 10.7 Å². The van der Waals surface area contributed by atoms with Crippen LogP contribution in [0.25, 0.3) is 22.3 Å². The molecule has 17 heteroatoms. The number of fused-ring (bicyclic) bond motifs is 3. The van der Waals surface area contributed by atoms with Gasteiger partial charge in [0.25, 0.3) is 0 Å². The Morgan fingerprint density at radius 1 is 0.986 bits per heavy atom.